The Bertz CT molecular complexity index is 949. The molecule has 1 saturated heterocycles. The van der Waals surface area contributed by atoms with Crippen LogP contribution in [0.5, 0.6) is 5.75 Å². The number of piperidine rings is 1. The molecule has 2 fully saturated rings. The number of amides is 3. The molecular weight excluding hydrogens is 390 g/mol. The van der Waals surface area contributed by atoms with Crippen LogP contribution in [0.2, 0.25) is 0 Å². The van der Waals surface area contributed by atoms with Crippen molar-refractivity contribution in [2.45, 2.75) is 56.1 Å². The molecule has 6 nitrogen and oxygen atoms in total. The van der Waals surface area contributed by atoms with E-state index in [-0.39, 0.29) is 23.5 Å². The van der Waals surface area contributed by atoms with E-state index in [1.165, 1.54) is 0 Å². The van der Waals surface area contributed by atoms with Crippen LogP contribution >= 0.6 is 0 Å². The van der Waals surface area contributed by atoms with Crippen LogP contribution in [0, 0.1) is 0 Å². The number of carbonyl (C=O) groups excluding carboxylic acids is 2. The summed E-state index contributed by atoms with van der Waals surface area (Å²) < 4.78 is 6.52. The van der Waals surface area contributed by atoms with Crippen molar-refractivity contribution in [2.75, 3.05) is 18.4 Å². The molecule has 0 bridgehead atoms. The Morgan fingerprint density at radius 2 is 1.71 bits per heavy atom. The minimum atomic E-state index is -0.317. The molecule has 3 amide bonds. The Hall–Kier alpha value is -3.02. The van der Waals surface area contributed by atoms with E-state index in [9.17, 15) is 9.59 Å². The topological polar surface area (TPSA) is 70.7 Å². The Kier molecular flexibility index (Phi) is 5.30. The SMILES string of the molecule is O=C(CC1CC2(CCN(C(=O)Nc3ccccc3)CC2)Oc2ccccc21)NC1CC1. The highest BCUT2D eigenvalue weighted by Crippen LogP contribution is 2.46. The number of benzene rings is 2. The van der Waals surface area contributed by atoms with Gasteiger partial charge in [0.25, 0.3) is 0 Å². The van der Waals surface area contributed by atoms with Gasteiger partial charge < -0.3 is 20.3 Å². The van der Waals surface area contributed by atoms with Crippen LogP contribution in [0.3, 0.4) is 0 Å². The zero-order chi connectivity index (χ0) is 21.3. The molecule has 162 valence electrons. The first-order valence-electron chi connectivity index (χ1n) is 11.3. The van der Waals surface area contributed by atoms with Gasteiger partial charge in [0.05, 0.1) is 0 Å². The van der Waals surface area contributed by atoms with Crippen molar-refractivity contribution < 1.29 is 14.3 Å². The van der Waals surface area contributed by atoms with Gasteiger partial charge in [-0.05, 0) is 43.0 Å². The Morgan fingerprint density at radius 3 is 2.45 bits per heavy atom. The van der Waals surface area contributed by atoms with E-state index in [0.717, 1.165) is 49.1 Å². The average molecular weight is 420 g/mol. The van der Waals surface area contributed by atoms with E-state index in [0.29, 0.717) is 25.6 Å². The van der Waals surface area contributed by atoms with Gasteiger partial charge in [0.1, 0.15) is 11.4 Å². The molecule has 1 atom stereocenters. The number of carbonyl (C=O) groups is 2. The first-order valence-corrected chi connectivity index (χ1v) is 11.3. The lowest BCUT2D eigenvalue weighted by Crippen LogP contribution is -2.52. The number of rotatable bonds is 4. The summed E-state index contributed by atoms with van der Waals surface area (Å²) >= 11 is 0. The molecule has 31 heavy (non-hydrogen) atoms. The molecular formula is C25H29N3O3. The quantitative estimate of drug-likeness (QED) is 0.777. The predicted molar refractivity (Wildman–Crippen MR) is 119 cm³/mol. The summed E-state index contributed by atoms with van der Waals surface area (Å²) in [6.07, 6.45) is 5.05. The van der Waals surface area contributed by atoms with E-state index < -0.39 is 0 Å². The molecule has 3 aliphatic rings. The molecule has 0 aromatic heterocycles. The van der Waals surface area contributed by atoms with Gasteiger partial charge in [0, 0.05) is 50.0 Å². The number of para-hydroxylation sites is 2. The lowest BCUT2D eigenvalue weighted by molar-refractivity contribution is -0.122. The molecule has 2 aliphatic heterocycles. The molecule has 2 N–H and O–H groups in total. The number of likely N-dealkylation sites (tertiary alicyclic amines) is 1. The molecule has 0 radical (unpaired) electrons. The number of hydrogen-bond acceptors (Lipinski definition) is 3. The number of nitrogens with zero attached hydrogens (tertiary/aromatic N) is 1. The van der Waals surface area contributed by atoms with Gasteiger partial charge in [-0.1, -0.05) is 36.4 Å². The molecule has 2 aromatic carbocycles. The minimum Gasteiger partial charge on any atom is -0.487 e. The van der Waals surface area contributed by atoms with Gasteiger partial charge in [-0.25, -0.2) is 4.79 Å². The Morgan fingerprint density at radius 1 is 1.00 bits per heavy atom. The van der Waals surface area contributed by atoms with Gasteiger partial charge >= 0.3 is 6.03 Å². The molecule has 1 spiro atoms. The highest BCUT2D eigenvalue weighted by molar-refractivity contribution is 5.89. The van der Waals surface area contributed by atoms with Gasteiger partial charge in [0.15, 0.2) is 0 Å². The van der Waals surface area contributed by atoms with Crippen LogP contribution in [-0.4, -0.2) is 41.6 Å². The number of fused-ring (bicyclic) bond motifs is 1. The van der Waals surface area contributed by atoms with Crippen LogP contribution in [0.25, 0.3) is 0 Å². The van der Waals surface area contributed by atoms with Gasteiger partial charge in [0.2, 0.25) is 5.91 Å². The van der Waals surface area contributed by atoms with E-state index in [4.69, 9.17) is 4.74 Å². The van der Waals surface area contributed by atoms with E-state index in [1.54, 1.807) is 0 Å². The summed E-state index contributed by atoms with van der Waals surface area (Å²) in [4.78, 5) is 27.1. The molecule has 1 saturated carbocycles. The standard InChI is InChI=1S/C25H29N3O3/c29-23(26-20-10-11-20)16-18-17-25(31-22-9-5-4-8-21(18)22)12-14-28(15-13-25)24(30)27-19-6-2-1-3-7-19/h1-9,18,20H,10-17H2,(H,26,29)(H,27,30). The van der Waals surface area contributed by atoms with Crippen molar-refractivity contribution in [3.63, 3.8) is 0 Å². The average Bonchev–Trinajstić information content (AvgIpc) is 3.59. The first-order chi connectivity index (χ1) is 15.1. The van der Waals surface area contributed by atoms with Crippen LogP contribution in [-0.2, 0) is 4.79 Å². The highest BCUT2D eigenvalue weighted by Gasteiger charge is 2.44. The van der Waals surface area contributed by atoms with Gasteiger partial charge in [-0.2, -0.15) is 0 Å². The highest BCUT2D eigenvalue weighted by atomic mass is 16.5. The Balaban J connectivity index is 1.25. The van der Waals surface area contributed by atoms with E-state index in [1.807, 2.05) is 53.4 Å². The summed E-state index contributed by atoms with van der Waals surface area (Å²) in [5.74, 6) is 1.17. The third kappa shape index (κ3) is 4.53. The van der Waals surface area contributed by atoms with Gasteiger partial charge in [-0.15, -0.1) is 0 Å². The third-order valence-corrected chi connectivity index (χ3v) is 6.66. The maximum atomic E-state index is 12.7. The number of urea groups is 1. The van der Waals surface area contributed by atoms with Crippen molar-refractivity contribution in [2.24, 2.45) is 0 Å². The largest absolute Gasteiger partial charge is 0.487 e. The predicted octanol–water partition coefficient (Wildman–Crippen LogP) is 4.29. The summed E-state index contributed by atoms with van der Waals surface area (Å²) in [6, 6.07) is 17.9. The van der Waals surface area contributed by atoms with E-state index >= 15 is 0 Å². The van der Waals surface area contributed by atoms with Crippen molar-refractivity contribution >= 4 is 17.6 Å². The number of hydrogen-bond donors (Lipinski definition) is 2. The summed E-state index contributed by atoms with van der Waals surface area (Å²) in [6.45, 7) is 1.28. The molecule has 1 aliphatic carbocycles. The van der Waals surface area contributed by atoms with Crippen molar-refractivity contribution in [3.8, 4) is 5.75 Å². The monoisotopic (exact) mass is 419 g/mol. The number of anilines is 1. The zero-order valence-electron chi connectivity index (χ0n) is 17.7. The van der Waals surface area contributed by atoms with Crippen LogP contribution in [0.1, 0.15) is 50.0 Å². The molecule has 2 aromatic rings. The van der Waals surface area contributed by atoms with Crippen molar-refractivity contribution in [3.05, 3.63) is 60.2 Å². The minimum absolute atomic E-state index is 0.0716. The molecule has 5 rings (SSSR count). The van der Waals surface area contributed by atoms with Crippen LogP contribution in [0.4, 0.5) is 10.5 Å². The van der Waals surface area contributed by atoms with Crippen molar-refractivity contribution in [1.82, 2.24) is 10.2 Å². The second-order valence-electron chi connectivity index (χ2n) is 9.05. The summed E-state index contributed by atoms with van der Waals surface area (Å²) in [5.41, 5.74) is 1.61. The second-order valence-corrected chi connectivity index (χ2v) is 9.05. The van der Waals surface area contributed by atoms with Gasteiger partial charge in [-0.3, -0.25) is 4.79 Å². The summed E-state index contributed by atoms with van der Waals surface area (Å²) in [7, 11) is 0. The Labute approximate surface area is 183 Å². The molecule has 6 heteroatoms. The maximum Gasteiger partial charge on any atom is 0.321 e. The fraction of sp³-hybridized carbons (Fsp3) is 0.440. The lowest BCUT2D eigenvalue weighted by atomic mass is 9.76. The third-order valence-electron chi connectivity index (χ3n) is 6.66. The fourth-order valence-electron chi connectivity index (χ4n) is 4.81. The fourth-order valence-corrected chi connectivity index (χ4v) is 4.81. The normalized spacial score (nSPS) is 21.7. The zero-order valence-corrected chi connectivity index (χ0v) is 17.7. The number of nitrogens with one attached hydrogen (secondary N) is 2. The first kappa shape index (κ1) is 19.9. The number of ether oxygens (including phenoxy) is 1. The maximum absolute atomic E-state index is 12.7. The van der Waals surface area contributed by atoms with E-state index in [2.05, 4.69) is 16.7 Å². The molecule has 1 unspecified atom stereocenters. The van der Waals surface area contributed by atoms with Crippen LogP contribution in [0.15, 0.2) is 54.6 Å². The summed E-state index contributed by atoms with van der Waals surface area (Å²) in [5, 5.41) is 6.10. The second kappa shape index (κ2) is 8.25. The lowest BCUT2D eigenvalue weighted by Gasteiger charge is -2.46. The van der Waals surface area contributed by atoms with Crippen molar-refractivity contribution in [1.29, 1.82) is 0 Å². The van der Waals surface area contributed by atoms with Crippen LogP contribution < -0.4 is 15.4 Å². The smallest absolute Gasteiger partial charge is 0.321 e. The molecule has 2 heterocycles.